The number of aromatic nitrogens is 3. The summed E-state index contributed by atoms with van der Waals surface area (Å²) in [5.74, 6) is -2.79. The van der Waals surface area contributed by atoms with Crippen LogP contribution in [0.25, 0.3) is 0 Å². The molecule has 0 spiro atoms. The molecule has 0 aliphatic carbocycles. The number of fused-ring (bicyclic) bond motifs is 1. The van der Waals surface area contributed by atoms with E-state index < -0.39 is 35.6 Å². The monoisotopic (exact) mass is 476 g/mol. The minimum absolute atomic E-state index is 0.0834. The summed E-state index contributed by atoms with van der Waals surface area (Å²) in [5.41, 5.74) is 4.92. The Morgan fingerprint density at radius 3 is 2.72 bits per heavy atom. The van der Waals surface area contributed by atoms with Crippen molar-refractivity contribution in [3.63, 3.8) is 0 Å². The number of thioether (sulfide) groups is 1. The number of nitrogen functional groups attached to an aromatic ring is 1. The molecule has 2 atom stereocenters. The Hall–Kier alpha value is -3.52. The number of carboxylic acids is 1. The lowest BCUT2D eigenvalue weighted by molar-refractivity contribution is -0.671. The van der Waals surface area contributed by atoms with Gasteiger partial charge in [-0.2, -0.15) is 9.36 Å². The Labute approximate surface area is 189 Å². The van der Waals surface area contributed by atoms with Crippen molar-refractivity contribution in [1.29, 1.82) is 0 Å². The van der Waals surface area contributed by atoms with Crippen LogP contribution in [0.1, 0.15) is 18.7 Å². The van der Waals surface area contributed by atoms with E-state index in [4.69, 9.17) is 5.73 Å². The van der Waals surface area contributed by atoms with Crippen LogP contribution in [-0.2, 0) is 21.4 Å². The SMILES string of the molecule is C[n+]1ccc(SC2=C(C(=O)O)N3C(=O)[C@@H](NC(=O)/C(=N\O)c4nsc(N)n4)[C@H]3CC2)cc1. The molecule has 5 N–H and O–H groups in total. The quantitative estimate of drug-likeness (QED) is 0.143. The molecule has 14 heteroatoms. The van der Waals surface area contributed by atoms with Crippen LogP contribution in [0.2, 0.25) is 0 Å². The van der Waals surface area contributed by atoms with E-state index in [1.165, 1.54) is 16.7 Å². The molecular formula is C18H18N7O5S2+. The number of oxime groups is 1. The number of allylic oxidation sites excluding steroid dienone is 1. The normalized spacial score (nSPS) is 20.6. The number of hydrogen-bond acceptors (Lipinski definition) is 10. The van der Waals surface area contributed by atoms with E-state index in [0.717, 1.165) is 16.4 Å². The number of nitrogens with zero attached hydrogens (tertiary/aromatic N) is 5. The van der Waals surface area contributed by atoms with Crippen LogP contribution in [0, 0.1) is 0 Å². The topological polar surface area (TPSA) is 175 Å². The summed E-state index contributed by atoms with van der Waals surface area (Å²) in [6.07, 6.45) is 4.59. The molecule has 12 nitrogen and oxygen atoms in total. The van der Waals surface area contributed by atoms with Crippen molar-refractivity contribution in [2.75, 3.05) is 5.73 Å². The molecule has 0 saturated carbocycles. The Balaban J connectivity index is 1.52. The van der Waals surface area contributed by atoms with Gasteiger partial charge in [0.1, 0.15) is 18.8 Å². The van der Waals surface area contributed by atoms with Crippen LogP contribution in [0.3, 0.4) is 0 Å². The number of amides is 2. The highest BCUT2D eigenvalue weighted by Crippen LogP contribution is 2.42. The maximum atomic E-state index is 12.8. The highest BCUT2D eigenvalue weighted by molar-refractivity contribution is 8.03. The molecule has 2 aromatic heterocycles. The molecule has 4 heterocycles. The first-order chi connectivity index (χ1) is 15.3. The minimum Gasteiger partial charge on any atom is -0.477 e. The Morgan fingerprint density at radius 2 is 2.12 bits per heavy atom. The van der Waals surface area contributed by atoms with Crippen LogP contribution < -0.4 is 15.6 Å². The molecule has 0 bridgehead atoms. The second kappa shape index (κ2) is 8.55. The molecular weight excluding hydrogens is 458 g/mol. The Morgan fingerprint density at radius 1 is 1.41 bits per heavy atom. The third-order valence-electron chi connectivity index (χ3n) is 5.04. The van der Waals surface area contributed by atoms with E-state index in [2.05, 4.69) is 19.8 Å². The van der Waals surface area contributed by atoms with Crippen molar-refractivity contribution in [2.45, 2.75) is 29.8 Å². The Bertz CT molecular complexity index is 1160. The average molecular weight is 477 g/mol. The fraction of sp³-hybridized carbons (Fsp3) is 0.278. The number of rotatable bonds is 6. The summed E-state index contributed by atoms with van der Waals surface area (Å²) in [4.78, 5) is 43.7. The van der Waals surface area contributed by atoms with Gasteiger partial charge >= 0.3 is 5.97 Å². The molecule has 0 aromatic carbocycles. The van der Waals surface area contributed by atoms with E-state index in [1.54, 1.807) is 0 Å². The fourth-order valence-corrected chi connectivity index (χ4v) is 5.04. The van der Waals surface area contributed by atoms with Gasteiger partial charge in [0.15, 0.2) is 17.5 Å². The van der Waals surface area contributed by atoms with Gasteiger partial charge in [-0.3, -0.25) is 14.5 Å². The number of pyridine rings is 1. The van der Waals surface area contributed by atoms with Crippen LogP contribution in [-0.4, -0.2) is 60.2 Å². The lowest BCUT2D eigenvalue weighted by atomic mass is 9.86. The van der Waals surface area contributed by atoms with E-state index in [0.29, 0.717) is 17.7 Å². The van der Waals surface area contributed by atoms with Crippen molar-refractivity contribution < 1.29 is 29.3 Å². The number of carbonyl (C=O) groups is 3. The highest BCUT2D eigenvalue weighted by Gasteiger charge is 2.53. The number of hydrogen-bond donors (Lipinski definition) is 4. The molecule has 2 aliphatic rings. The number of aryl methyl sites for hydroxylation is 1. The van der Waals surface area contributed by atoms with E-state index in [-0.39, 0.29) is 16.7 Å². The summed E-state index contributed by atoms with van der Waals surface area (Å²) in [6, 6.07) is 2.24. The van der Waals surface area contributed by atoms with Crippen molar-refractivity contribution >= 4 is 51.9 Å². The molecule has 0 unspecified atom stereocenters. The zero-order valence-electron chi connectivity index (χ0n) is 16.6. The van der Waals surface area contributed by atoms with Gasteiger partial charge < -0.3 is 21.4 Å². The van der Waals surface area contributed by atoms with Crippen molar-refractivity contribution in [2.24, 2.45) is 12.2 Å². The number of carbonyl (C=O) groups excluding carboxylic acids is 2. The first-order valence-electron chi connectivity index (χ1n) is 9.35. The molecule has 32 heavy (non-hydrogen) atoms. The number of nitrogens with one attached hydrogen (secondary N) is 1. The first-order valence-corrected chi connectivity index (χ1v) is 10.9. The van der Waals surface area contributed by atoms with Gasteiger partial charge in [-0.1, -0.05) is 16.9 Å². The van der Waals surface area contributed by atoms with Gasteiger partial charge in [0.2, 0.25) is 11.5 Å². The van der Waals surface area contributed by atoms with E-state index in [9.17, 15) is 24.7 Å². The van der Waals surface area contributed by atoms with Gasteiger partial charge in [0, 0.05) is 33.5 Å². The van der Waals surface area contributed by atoms with Crippen molar-refractivity contribution in [3.05, 3.63) is 41.0 Å². The zero-order chi connectivity index (χ0) is 23.0. The molecule has 2 aliphatic heterocycles. The van der Waals surface area contributed by atoms with Crippen LogP contribution >= 0.6 is 23.3 Å². The summed E-state index contributed by atoms with van der Waals surface area (Å²) < 4.78 is 5.68. The molecule has 1 saturated heterocycles. The van der Waals surface area contributed by atoms with Crippen molar-refractivity contribution in [3.8, 4) is 0 Å². The predicted molar refractivity (Wildman–Crippen MR) is 113 cm³/mol. The van der Waals surface area contributed by atoms with Gasteiger partial charge in [-0.05, 0) is 12.8 Å². The number of anilines is 1. The van der Waals surface area contributed by atoms with Crippen LogP contribution in [0.5, 0.6) is 0 Å². The zero-order valence-corrected chi connectivity index (χ0v) is 18.3. The summed E-state index contributed by atoms with van der Waals surface area (Å²) in [7, 11) is 1.88. The fourth-order valence-electron chi connectivity index (χ4n) is 3.56. The molecule has 1 fully saturated rings. The first kappa shape index (κ1) is 21.7. The van der Waals surface area contributed by atoms with Gasteiger partial charge in [0.05, 0.1) is 6.04 Å². The molecule has 4 rings (SSSR count). The lowest BCUT2D eigenvalue weighted by Crippen LogP contribution is -2.72. The number of aliphatic carboxylic acids is 1. The van der Waals surface area contributed by atoms with E-state index in [1.807, 2.05) is 36.1 Å². The second-order valence-electron chi connectivity index (χ2n) is 7.05. The van der Waals surface area contributed by atoms with Crippen molar-refractivity contribution in [1.82, 2.24) is 19.6 Å². The van der Waals surface area contributed by atoms with Gasteiger partial charge in [0.25, 0.3) is 11.8 Å². The third kappa shape index (κ3) is 3.89. The lowest BCUT2D eigenvalue weighted by Gasteiger charge is -2.50. The van der Waals surface area contributed by atoms with Crippen LogP contribution in [0.15, 0.2) is 45.2 Å². The molecule has 2 amide bonds. The molecule has 2 aromatic rings. The number of carboxylic acid groups (broad SMARTS) is 1. The van der Waals surface area contributed by atoms with E-state index >= 15 is 0 Å². The predicted octanol–water partition coefficient (Wildman–Crippen LogP) is -0.299. The third-order valence-corrected chi connectivity index (χ3v) is 6.73. The maximum absolute atomic E-state index is 12.8. The summed E-state index contributed by atoms with van der Waals surface area (Å²) in [6.45, 7) is 0. The highest BCUT2D eigenvalue weighted by atomic mass is 32.2. The average Bonchev–Trinajstić information content (AvgIpc) is 3.19. The number of nitrogens with two attached hydrogens (primary N) is 1. The smallest absolute Gasteiger partial charge is 0.353 e. The van der Waals surface area contributed by atoms with Crippen LogP contribution in [0.4, 0.5) is 5.13 Å². The largest absolute Gasteiger partial charge is 0.477 e. The molecule has 0 radical (unpaired) electrons. The molecule has 166 valence electrons. The van der Waals surface area contributed by atoms with Gasteiger partial charge in [-0.25, -0.2) is 9.36 Å². The number of β-lactam (4-membered cyclic amide) rings is 1. The second-order valence-corrected chi connectivity index (χ2v) is 9.00. The minimum atomic E-state index is -1.21. The summed E-state index contributed by atoms with van der Waals surface area (Å²) in [5, 5.41) is 24.5. The summed E-state index contributed by atoms with van der Waals surface area (Å²) >= 11 is 2.12. The Kier molecular flexibility index (Phi) is 5.80. The van der Waals surface area contributed by atoms with Gasteiger partial charge in [-0.15, -0.1) is 0 Å². The standard InChI is InChI=1S/C18H17N7O5S2/c1-24-6-4-8(5-7-24)31-10-3-2-9-11(16(27)25(9)13(10)17(28)29)20-15(26)12(22-30)14-21-18(19)32-23-14/h4-7,9,11H,2-3H2,1H3,(H4-,19,20,21,23,26,28,29,30)/p+1/t9-,11+/m1/s1. The maximum Gasteiger partial charge on any atom is 0.353 e.